The van der Waals surface area contributed by atoms with E-state index < -0.39 is 5.91 Å². The fourth-order valence-electron chi connectivity index (χ4n) is 3.25. The van der Waals surface area contributed by atoms with Crippen LogP contribution in [0.2, 0.25) is 0 Å². The minimum Gasteiger partial charge on any atom is -0.366 e. The topological polar surface area (TPSA) is 92.4 Å². The van der Waals surface area contributed by atoms with E-state index in [4.69, 9.17) is 5.73 Å². The summed E-state index contributed by atoms with van der Waals surface area (Å²) in [6.07, 6.45) is 1.78. The molecule has 2 aromatic rings. The highest BCUT2D eigenvalue weighted by Crippen LogP contribution is 2.27. The number of carbonyl (C=O) groups excluding carboxylic acids is 2. The number of hydrogen-bond donors (Lipinski definition) is 1. The number of nitrogens with two attached hydrogens (primary N) is 1. The molecule has 2 N–H and O–H groups in total. The van der Waals surface area contributed by atoms with Gasteiger partial charge in [0.1, 0.15) is 10.8 Å². The van der Waals surface area contributed by atoms with Crippen LogP contribution in [-0.4, -0.2) is 58.6 Å². The van der Waals surface area contributed by atoms with Crippen LogP contribution in [0, 0.1) is 20.8 Å². The lowest BCUT2D eigenvalue weighted by molar-refractivity contribution is -0.128. The third kappa shape index (κ3) is 4.27. The van der Waals surface area contributed by atoms with Crippen molar-refractivity contribution in [1.82, 2.24) is 14.9 Å². The number of anilines is 1. The molecule has 2 amide bonds. The fourth-order valence-corrected chi connectivity index (χ4v) is 4.30. The summed E-state index contributed by atoms with van der Waals surface area (Å²) in [7, 11) is 0. The van der Waals surface area contributed by atoms with Gasteiger partial charge in [0.2, 0.25) is 5.91 Å². The Kier molecular flexibility index (Phi) is 6.18. The standard InChI is InChI=1S/C20H25N5O2S/c1-13-14(2)18(19(21)27)20(23-15(13)3)28-12-17(26)25-10-8-24(9-11-25)16-6-4-5-7-22-16/h4-7H,8-12H2,1-3H3,(H2,21,27). The zero-order chi connectivity index (χ0) is 20.3. The molecule has 0 saturated carbocycles. The number of aryl methyl sites for hydroxylation is 1. The van der Waals surface area contributed by atoms with Crippen LogP contribution in [0.25, 0.3) is 0 Å². The zero-order valence-corrected chi connectivity index (χ0v) is 17.3. The van der Waals surface area contributed by atoms with Gasteiger partial charge >= 0.3 is 0 Å². The summed E-state index contributed by atoms with van der Waals surface area (Å²) in [5.74, 6) is 0.703. The predicted octanol–water partition coefficient (Wildman–Crippen LogP) is 1.94. The highest BCUT2D eigenvalue weighted by atomic mass is 32.2. The van der Waals surface area contributed by atoms with E-state index in [0.717, 1.165) is 35.7 Å². The first-order valence-electron chi connectivity index (χ1n) is 9.22. The lowest BCUT2D eigenvalue weighted by Crippen LogP contribution is -2.49. The molecule has 0 unspecified atom stereocenters. The van der Waals surface area contributed by atoms with Gasteiger partial charge in [-0.15, -0.1) is 0 Å². The molecule has 1 aliphatic heterocycles. The number of primary amides is 1. The smallest absolute Gasteiger partial charge is 0.251 e. The van der Waals surface area contributed by atoms with E-state index in [2.05, 4.69) is 14.9 Å². The van der Waals surface area contributed by atoms with Crippen LogP contribution in [-0.2, 0) is 4.79 Å². The summed E-state index contributed by atoms with van der Waals surface area (Å²) >= 11 is 1.28. The summed E-state index contributed by atoms with van der Waals surface area (Å²) in [5.41, 5.74) is 8.61. The molecule has 2 aromatic heterocycles. The van der Waals surface area contributed by atoms with E-state index in [1.807, 2.05) is 43.9 Å². The largest absolute Gasteiger partial charge is 0.366 e. The van der Waals surface area contributed by atoms with E-state index in [1.165, 1.54) is 11.8 Å². The van der Waals surface area contributed by atoms with Crippen molar-refractivity contribution in [2.24, 2.45) is 5.73 Å². The number of aromatic nitrogens is 2. The maximum absolute atomic E-state index is 12.7. The van der Waals surface area contributed by atoms with Gasteiger partial charge in [-0.2, -0.15) is 0 Å². The van der Waals surface area contributed by atoms with Crippen molar-refractivity contribution in [3.8, 4) is 0 Å². The van der Waals surface area contributed by atoms with Gasteiger partial charge in [0.05, 0.1) is 11.3 Å². The van der Waals surface area contributed by atoms with Crippen LogP contribution in [0.4, 0.5) is 5.82 Å². The molecule has 0 bridgehead atoms. The second-order valence-electron chi connectivity index (χ2n) is 6.84. The molecular weight excluding hydrogens is 374 g/mol. The summed E-state index contributed by atoms with van der Waals surface area (Å²) in [6.45, 7) is 8.49. The van der Waals surface area contributed by atoms with Crippen molar-refractivity contribution in [2.45, 2.75) is 25.8 Å². The zero-order valence-electron chi connectivity index (χ0n) is 16.4. The SMILES string of the molecule is Cc1nc(SCC(=O)N2CCN(c3ccccn3)CC2)c(C(N)=O)c(C)c1C. The predicted molar refractivity (Wildman–Crippen MR) is 111 cm³/mol. The Morgan fingerprint density at radius 1 is 1.11 bits per heavy atom. The van der Waals surface area contributed by atoms with Crippen molar-refractivity contribution < 1.29 is 9.59 Å². The monoisotopic (exact) mass is 399 g/mol. The maximum Gasteiger partial charge on any atom is 0.251 e. The molecule has 0 atom stereocenters. The third-order valence-corrected chi connectivity index (χ3v) is 6.11. The first-order valence-corrected chi connectivity index (χ1v) is 10.2. The Balaban J connectivity index is 1.62. The molecule has 7 nitrogen and oxygen atoms in total. The van der Waals surface area contributed by atoms with Crippen molar-refractivity contribution in [3.63, 3.8) is 0 Å². The number of hydrogen-bond acceptors (Lipinski definition) is 6. The number of rotatable bonds is 5. The molecule has 8 heteroatoms. The molecule has 1 aliphatic rings. The van der Waals surface area contributed by atoms with E-state index in [0.29, 0.717) is 23.7 Å². The Morgan fingerprint density at radius 2 is 1.82 bits per heavy atom. The first-order chi connectivity index (χ1) is 13.4. The fraction of sp³-hybridized carbons (Fsp3) is 0.400. The highest BCUT2D eigenvalue weighted by molar-refractivity contribution is 8.00. The lowest BCUT2D eigenvalue weighted by Gasteiger charge is -2.35. The molecule has 3 heterocycles. The first kappa shape index (κ1) is 20.1. The van der Waals surface area contributed by atoms with Crippen LogP contribution in [0.15, 0.2) is 29.4 Å². The van der Waals surface area contributed by atoms with Crippen LogP contribution >= 0.6 is 11.8 Å². The number of nitrogens with zero attached hydrogens (tertiary/aromatic N) is 4. The second kappa shape index (κ2) is 8.60. The number of pyridine rings is 2. The summed E-state index contributed by atoms with van der Waals surface area (Å²) in [5, 5.41) is 0.536. The maximum atomic E-state index is 12.7. The average Bonchev–Trinajstić information content (AvgIpc) is 2.70. The Hall–Kier alpha value is -2.61. The van der Waals surface area contributed by atoms with Gasteiger partial charge in [-0.1, -0.05) is 17.8 Å². The molecule has 3 rings (SSSR count). The molecular formula is C20H25N5O2S. The van der Waals surface area contributed by atoms with Crippen LogP contribution < -0.4 is 10.6 Å². The Labute approximate surface area is 169 Å². The number of piperazine rings is 1. The van der Waals surface area contributed by atoms with Gasteiger partial charge in [0, 0.05) is 38.1 Å². The highest BCUT2D eigenvalue weighted by Gasteiger charge is 2.23. The lowest BCUT2D eigenvalue weighted by atomic mass is 10.0. The molecule has 0 radical (unpaired) electrons. The Bertz CT molecular complexity index is 880. The van der Waals surface area contributed by atoms with Crippen molar-refractivity contribution >= 4 is 29.4 Å². The minimum atomic E-state index is -0.507. The molecule has 1 saturated heterocycles. The summed E-state index contributed by atoms with van der Waals surface area (Å²) < 4.78 is 0. The van der Waals surface area contributed by atoms with Gasteiger partial charge in [-0.05, 0) is 44.0 Å². The van der Waals surface area contributed by atoms with Gasteiger partial charge in [-0.25, -0.2) is 9.97 Å². The van der Waals surface area contributed by atoms with Gasteiger partial charge < -0.3 is 15.5 Å². The molecule has 1 fully saturated rings. The Morgan fingerprint density at radius 3 is 2.43 bits per heavy atom. The second-order valence-corrected chi connectivity index (χ2v) is 7.80. The summed E-state index contributed by atoms with van der Waals surface area (Å²) in [4.78, 5) is 37.4. The molecule has 148 valence electrons. The minimum absolute atomic E-state index is 0.0405. The molecule has 0 aliphatic carbocycles. The third-order valence-electron chi connectivity index (χ3n) is 5.15. The van der Waals surface area contributed by atoms with Crippen LogP contribution in [0.5, 0.6) is 0 Å². The van der Waals surface area contributed by atoms with Crippen molar-refractivity contribution in [1.29, 1.82) is 0 Å². The van der Waals surface area contributed by atoms with Gasteiger partial charge in [0.15, 0.2) is 0 Å². The quantitative estimate of drug-likeness (QED) is 0.773. The number of amides is 2. The van der Waals surface area contributed by atoms with Crippen LogP contribution in [0.1, 0.15) is 27.2 Å². The summed E-state index contributed by atoms with van der Waals surface area (Å²) in [6, 6.07) is 5.83. The van der Waals surface area contributed by atoms with E-state index in [-0.39, 0.29) is 11.7 Å². The van der Waals surface area contributed by atoms with Crippen molar-refractivity contribution in [3.05, 3.63) is 46.8 Å². The molecule has 28 heavy (non-hydrogen) atoms. The van der Waals surface area contributed by atoms with Gasteiger partial charge in [-0.3, -0.25) is 9.59 Å². The van der Waals surface area contributed by atoms with Crippen LogP contribution in [0.3, 0.4) is 0 Å². The average molecular weight is 400 g/mol. The number of thioether (sulfide) groups is 1. The number of carbonyl (C=O) groups is 2. The molecule has 0 spiro atoms. The van der Waals surface area contributed by atoms with E-state index in [9.17, 15) is 9.59 Å². The van der Waals surface area contributed by atoms with E-state index in [1.54, 1.807) is 6.20 Å². The van der Waals surface area contributed by atoms with E-state index >= 15 is 0 Å². The van der Waals surface area contributed by atoms with Crippen molar-refractivity contribution in [2.75, 3.05) is 36.8 Å². The van der Waals surface area contributed by atoms with Gasteiger partial charge in [0.25, 0.3) is 5.91 Å². The molecule has 0 aromatic carbocycles. The normalized spacial score (nSPS) is 14.2.